The highest BCUT2D eigenvalue weighted by Crippen LogP contribution is 2.27. The fourth-order valence-corrected chi connectivity index (χ4v) is 2.09. The number of ether oxygens (including phenoxy) is 1. The topological polar surface area (TPSA) is 102 Å². The number of nitrogens with two attached hydrogens (primary N) is 1. The molecule has 0 aliphatic heterocycles. The van der Waals surface area contributed by atoms with E-state index < -0.39 is 12.0 Å². The first kappa shape index (κ1) is 18.5. The summed E-state index contributed by atoms with van der Waals surface area (Å²) in [5, 5.41) is 12.1. The molecule has 22 heavy (non-hydrogen) atoms. The number of carbonyl (C=O) groups excluding carboxylic acids is 1. The molecule has 1 amide bonds. The van der Waals surface area contributed by atoms with Crippen molar-refractivity contribution in [2.45, 2.75) is 25.3 Å². The molecular weight excluding hydrogens is 331 g/mol. The molecule has 1 atom stereocenters. The molecule has 0 aromatic heterocycles. The predicted octanol–water partition coefficient (Wildman–Crippen LogP) is 2.07. The smallest absolute Gasteiger partial charge is 0.320 e. The van der Waals surface area contributed by atoms with Crippen LogP contribution in [0.4, 0.5) is 0 Å². The van der Waals surface area contributed by atoms with Gasteiger partial charge in [-0.05, 0) is 37.5 Å². The molecule has 0 spiro atoms. The molecule has 0 aliphatic rings. The lowest BCUT2D eigenvalue weighted by Gasteiger charge is -2.09. The molecule has 0 saturated heterocycles. The van der Waals surface area contributed by atoms with Crippen LogP contribution >= 0.6 is 23.2 Å². The molecule has 0 saturated carbocycles. The zero-order valence-corrected chi connectivity index (χ0v) is 13.4. The minimum absolute atomic E-state index is 0.157. The first-order valence-electron chi connectivity index (χ1n) is 6.73. The van der Waals surface area contributed by atoms with Crippen LogP contribution in [-0.2, 0) is 9.59 Å². The van der Waals surface area contributed by atoms with E-state index in [4.69, 9.17) is 38.8 Å². The van der Waals surface area contributed by atoms with E-state index >= 15 is 0 Å². The standard InChI is InChI=1S/C14H18Cl2N2O4/c15-9-4-5-12(10(16)7-9)22-8-13(19)18-6-2-1-3-11(17)14(20)21/h4-5,7,11H,1-3,6,8,17H2,(H,18,19)(H,20,21)/t11-/m1/s1. The molecule has 0 fully saturated rings. The van der Waals surface area contributed by atoms with Gasteiger partial charge in [0.05, 0.1) is 5.02 Å². The first-order chi connectivity index (χ1) is 10.4. The van der Waals surface area contributed by atoms with Crippen molar-refractivity contribution in [3.8, 4) is 5.75 Å². The van der Waals surface area contributed by atoms with Gasteiger partial charge in [0.2, 0.25) is 0 Å². The number of carbonyl (C=O) groups is 2. The Morgan fingerprint density at radius 1 is 1.32 bits per heavy atom. The van der Waals surface area contributed by atoms with Gasteiger partial charge in [-0.25, -0.2) is 0 Å². The largest absolute Gasteiger partial charge is 0.482 e. The van der Waals surface area contributed by atoms with Crippen molar-refractivity contribution in [1.82, 2.24) is 5.32 Å². The molecule has 1 aromatic rings. The maximum Gasteiger partial charge on any atom is 0.320 e. The summed E-state index contributed by atoms with van der Waals surface area (Å²) in [6, 6.07) is 3.88. The van der Waals surface area contributed by atoms with E-state index in [1.54, 1.807) is 12.1 Å². The summed E-state index contributed by atoms with van der Waals surface area (Å²) in [4.78, 5) is 22.1. The Morgan fingerprint density at radius 3 is 2.68 bits per heavy atom. The van der Waals surface area contributed by atoms with Crippen molar-refractivity contribution >= 4 is 35.1 Å². The van der Waals surface area contributed by atoms with Gasteiger partial charge in [0.25, 0.3) is 5.91 Å². The summed E-state index contributed by atoms with van der Waals surface area (Å²) in [6.07, 6.45) is 1.65. The second-order valence-corrected chi connectivity index (χ2v) is 5.50. The van der Waals surface area contributed by atoms with Crippen LogP contribution in [0.5, 0.6) is 5.75 Å². The lowest BCUT2D eigenvalue weighted by atomic mass is 10.1. The summed E-state index contributed by atoms with van der Waals surface area (Å²) in [5.41, 5.74) is 5.37. The fraction of sp³-hybridized carbons (Fsp3) is 0.429. The molecule has 1 rings (SSSR count). The van der Waals surface area contributed by atoms with Gasteiger partial charge in [-0.15, -0.1) is 0 Å². The van der Waals surface area contributed by atoms with Gasteiger partial charge in [-0.1, -0.05) is 23.2 Å². The van der Waals surface area contributed by atoms with E-state index in [0.29, 0.717) is 41.6 Å². The number of amides is 1. The molecule has 0 heterocycles. The number of carboxylic acid groups (broad SMARTS) is 1. The van der Waals surface area contributed by atoms with Crippen molar-refractivity contribution in [2.24, 2.45) is 5.73 Å². The summed E-state index contributed by atoms with van der Waals surface area (Å²) in [7, 11) is 0. The molecule has 0 aliphatic carbocycles. The van der Waals surface area contributed by atoms with Crippen LogP contribution in [-0.4, -0.2) is 36.2 Å². The Kier molecular flexibility index (Phi) is 8.01. The van der Waals surface area contributed by atoms with Gasteiger partial charge in [-0.2, -0.15) is 0 Å². The van der Waals surface area contributed by atoms with E-state index in [1.165, 1.54) is 6.07 Å². The predicted molar refractivity (Wildman–Crippen MR) is 84.4 cm³/mol. The summed E-state index contributed by atoms with van der Waals surface area (Å²) in [6.45, 7) is 0.277. The third-order valence-electron chi connectivity index (χ3n) is 2.83. The number of rotatable bonds is 9. The summed E-state index contributed by atoms with van der Waals surface area (Å²) in [5.74, 6) is -0.917. The van der Waals surface area contributed by atoms with Crippen LogP contribution in [0.1, 0.15) is 19.3 Å². The van der Waals surface area contributed by atoms with Crippen LogP contribution in [0, 0.1) is 0 Å². The summed E-state index contributed by atoms with van der Waals surface area (Å²) < 4.78 is 5.28. The molecule has 122 valence electrons. The normalized spacial score (nSPS) is 11.8. The van der Waals surface area contributed by atoms with Crippen molar-refractivity contribution < 1.29 is 19.4 Å². The number of unbranched alkanes of at least 4 members (excludes halogenated alkanes) is 1. The summed E-state index contributed by atoms with van der Waals surface area (Å²) >= 11 is 11.7. The SMILES string of the molecule is N[C@H](CCCCNC(=O)COc1ccc(Cl)cc1Cl)C(=O)O. The van der Waals surface area contributed by atoms with Crippen LogP contribution in [0.15, 0.2) is 18.2 Å². The average molecular weight is 349 g/mol. The quantitative estimate of drug-likeness (QED) is 0.593. The van der Waals surface area contributed by atoms with E-state index in [2.05, 4.69) is 5.32 Å². The van der Waals surface area contributed by atoms with E-state index in [9.17, 15) is 9.59 Å². The van der Waals surface area contributed by atoms with Gasteiger partial charge in [0.1, 0.15) is 11.8 Å². The van der Waals surface area contributed by atoms with Gasteiger partial charge < -0.3 is 20.9 Å². The number of carboxylic acids is 1. The maximum absolute atomic E-state index is 11.6. The van der Waals surface area contributed by atoms with Crippen LogP contribution in [0.25, 0.3) is 0 Å². The number of halogens is 2. The first-order valence-corrected chi connectivity index (χ1v) is 7.48. The number of hydrogen-bond acceptors (Lipinski definition) is 4. The fourth-order valence-electron chi connectivity index (χ4n) is 1.63. The second-order valence-electron chi connectivity index (χ2n) is 4.65. The average Bonchev–Trinajstić information content (AvgIpc) is 2.45. The Balaban J connectivity index is 2.17. The highest BCUT2D eigenvalue weighted by molar-refractivity contribution is 6.35. The molecule has 8 heteroatoms. The molecule has 0 radical (unpaired) electrons. The monoisotopic (exact) mass is 348 g/mol. The lowest BCUT2D eigenvalue weighted by Crippen LogP contribution is -2.31. The number of hydrogen-bond donors (Lipinski definition) is 3. The molecule has 4 N–H and O–H groups in total. The number of benzene rings is 1. The van der Waals surface area contributed by atoms with Crippen LogP contribution in [0.3, 0.4) is 0 Å². The van der Waals surface area contributed by atoms with E-state index in [-0.39, 0.29) is 12.5 Å². The molecule has 1 aromatic carbocycles. The van der Waals surface area contributed by atoms with Crippen molar-refractivity contribution in [2.75, 3.05) is 13.2 Å². The van der Waals surface area contributed by atoms with E-state index in [1.807, 2.05) is 0 Å². The molecular formula is C14H18Cl2N2O4. The Morgan fingerprint density at radius 2 is 2.05 bits per heavy atom. The Bertz CT molecular complexity index is 526. The highest BCUT2D eigenvalue weighted by atomic mass is 35.5. The minimum Gasteiger partial charge on any atom is -0.482 e. The number of nitrogens with one attached hydrogen (secondary N) is 1. The van der Waals surface area contributed by atoms with Gasteiger partial charge in [0.15, 0.2) is 6.61 Å². The zero-order chi connectivity index (χ0) is 16.5. The zero-order valence-electron chi connectivity index (χ0n) is 11.9. The highest BCUT2D eigenvalue weighted by Gasteiger charge is 2.10. The van der Waals surface area contributed by atoms with E-state index in [0.717, 1.165) is 0 Å². The second kappa shape index (κ2) is 9.50. The molecule has 0 unspecified atom stereocenters. The Hall–Kier alpha value is -1.50. The van der Waals surface area contributed by atoms with Crippen molar-refractivity contribution in [1.29, 1.82) is 0 Å². The molecule has 6 nitrogen and oxygen atoms in total. The van der Waals surface area contributed by atoms with Gasteiger partial charge >= 0.3 is 5.97 Å². The van der Waals surface area contributed by atoms with Crippen molar-refractivity contribution in [3.63, 3.8) is 0 Å². The van der Waals surface area contributed by atoms with Crippen molar-refractivity contribution in [3.05, 3.63) is 28.2 Å². The Labute approximate surface area is 138 Å². The maximum atomic E-state index is 11.6. The third kappa shape index (κ3) is 6.98. The van der Waals surface area contributed by atoms with Gasteiger partial charge in [-0.3, -0.25) is 9.59 Å². The number of aliphatic carboxylic acids is 1. The van der Waals surface area contributed by atoms with Gasteiger partial charge in [0, 0.05) is 11.6 Å². The van der Waals surface area contributed by atoms with Crippen LogP contribution in [0.2, 0.25) is 10.0 Å². The lowest BCUT2D eigenvalue weighted by molar-refractivity contribution is -0.138. The third-order valence-corrected chi connectivity index (χ3v) is 3.36. The molecule has 0 bridgehead atoms. The van der Waals surface area contributed by atoms with Crippen LogP contribution < -0.4 is 15.8 Å². The minimum atomic E-state index is -1.02.